The molecule has 0 spiro atoms. The first-order chi connectivity index (χ1) is 8.47. The fourth-order valence-corrected chi connectivity index (χ4v) is 3.23. The molecule has 0 radical (unpaired) electrons. The van der Waals surface area contributed by atoms with Crippen LogP contribution in [0.25, 0.3) is 0 Å². The van der Waals surface area contributed by atoms with Crippen LogP contribution in [0, 0.1) is 5.41 Å². The van der Waals surface area contributed by atoms with E-state index in [-0.39, 0.29) is 5.41 Å². The van der Waals surface area contributed by atoms with Gasteiger partial charge in [0.15, 0.2) is 0 Å². The van der Waals surface area contributed by atoms with E-state index in [0.717, 1.165) is 0 Å². The van der Waals surface area contributed by atoms with E-state index in [9.17, 15) is 13.2 Å². The second kappa shape index (κ2) is 5.26. The minimum atomic E-state index is -3.83. The number of hydrogen-bond donors (Lipinski definition) is 1. The molecule has 0 aromatic heterocycles. The number of carbonyl (C=O) groups is 1. The summed E-state index contributed by atoms with van der Waals surface area (Å²) < 4.78 is 36.8. The maximum Gasteiger partial charge on any atom is 0.422 e. The Kier molecular flexibility index (Phi) is 4.48. The summed E-state index contributed by atoms with van der Waals surface area (Å²) in [4.78, 5) is 11.4. The lowest BCUT2D eigenvalue weighted by Crippen LogP contribution is -2.61. The fraction of sp³-hybridized carbons (Fsp3) is 0.909. The van der Waals surface area contributed by atoms with Crippen molar-refractivity contribution in [3.63, 3.8) is 0 Å². The quantitative estimate of drug-likeness (QED) is 0.826. The molecule has 0 unspecified atom stereocenters. The molecule has 7 nitrogen and oxygen atoms in total. The van der Waals surface area contributed by atoms with Crippen LogP contribution in [0.2, 0.25) is 0 Å². The summed E-state index contributed by atoms with van der Waals surface area (Å²) in [6, 6.07) is 0. The van der Waals surface area contributed by atoms with Crippen molar-refractivity contribution in [2.24, 2.45) is 5.41 Å². The normalized spacial score (nSPS) is 19.6. The summed E-state index contributed by atoms with van der Waals surface area (Å²) in [6.07, 6.45) is -0.965. The summed E-state index contributed by atoms with van der Waals surface area (Å²) >= 11 is 0. The zero-order chi connectivity index (χ0) is 14.9. The number of rotatable bonds is 4. The van der Waals surface area contributed by atoms with E-state index in [4.69, 9.17) is 9.47 Å². The Morgan fingerprint density at radius 2 is 1.89 bits per heavy atom. The standard InChI is InChI=1S/C11H22N2O5S/c1-10(2,3)18-9(14)12-19(15,16)13-6-11(4,7-13)8-17-5/h6-8H2,1-5H3,(H,12,14). The van der Waals surface area contributed by atoms with Crippen molar-refractivity contribution >= 4 is 16.3 Å². The van der Waals surface area contributed by atoms with Crippen LogP contribution in [0.5, 0.6) is 0 Å². The van der Waals surface area contributed by atoms with Crippen molar-refractivity contribution in [2.45, 2.75) is 33.3 Å². The lowest BCUT2D eigenvalue weighted by atomic mass is 9.85. The van der Waals surface area contributed by atoms with Crippen molar-refractivity contribution in [2.75, 3.05) is 26.8 Å². The molecule has 1 heterocycles. The van der Waals surface area contributed by atoms with Gasteiger partial charge in [-0.1, -0.05) is 6.92 Å². The average Bonchev–Trinajstić information content (AvgIpc) is 2.09. The fourth-order valence-electron chi connectivity index (χ4n) is 1.88. The summed E-state index contributed by atoms with van der Waals surface area (Å²) in [5.41, 5.74) is -0.934. The molecule has 1 fully saturated rings. The first-order valence-electron chi connectivity index (χ1n) is 5.97. The van der Waals surface area contributed by atoms with Gasteiger partial charge in [-0.2, -0.15) is 12.7 Å². The van der Waals surface area contributed by atoms with E-state index in [1.54, 1.807) is 27.9 Å². The van der Waals surface area contributed by atoms with Gasteiger partial charge in [0.25, 0.3) is 0 Å². The van der Waals surface area contributed by atoms with Crippen LogP contribution in [-0.4, -0.2) is 51.2 Å². The summed E-state index contributed by atoms with van der Waals surface area (Å²) in [6.45, 7) is 8.04. The Morgan fingerprint density at radius 3 is 2.32 bits per heavy atom. The van der Waals surface area contributed by atoms with Crippen LogP contribution in [0.3, 0.4) is 0 Å². The van der Waals surface area contributed by atoms with E-state index >= 15 is 0 Å². The molecule has 1 aliphatic heterocycles. The van der Waals surface area contributed by atoms with Crippen molar-refractivity contribution in [3.05, 3.63) is 0 Å². The minimum Gasteiger partial charge on any atom is -0.443 e. The van der Waals surface area contributed by atoms with E-state index < -0.39 is 21.9 Å². The van der Waals surface area contributed by atoms with Crippen LogP contribution in [-0.2, 0) is 19.7 Å². The molecule has 1 saturated heterocycles. The highest BCUT2D eigenvalue weighted by molar-refractivity contribution is 7.87. The smallest absolute Gasteiger partial charge is 0.422 e. The molecule has 1 aliphatic rings. The highest BCUT2D eigenvalue weighted by Crippen LogP contribution is 2.31. The molecule has 1 amide bonds. The second-order valence-electron chi connectivity index (χ2n) is 6.12. The average molecular weight is 294 g/mol. The van der Waals surface area contributed by atoms with Crippen molar-refractivity contribution in [1.29, 1.82) is 0 Å². The highest BCUT2D eigenvalue weighted by atomic mass is 32.2. The molecule has 0 atom stereocenters. The number of carbonyl (C=O) groups excluding carboxylic acids is 1. The van der Waals surface area contributed by atoms with Crippen molar-refractivity contribution in [3.8, 4) is 0 Å². The van der Waals surface area contributed by atoms with Crippen molar-refractivity contribution < 1.29 is 22.7 Å². The lowest BCUT2D eigenvalue weighted by Gasteiger charge is -2.45. The number of nitrogens with zero attached hydrogens (tertiary/aromatic N) is 1. The minimum absolute atomic E-state index is 0.197. The Labute approximate surface area is 114 Å². The van der Waals surface area contributed by atoms with Crippen LogP contribution in [0.15, 0.2) is 0 Å². The molecule has 19 heavy (non-hydrogen) atoms. The maximum absolute atomic E-state index is 11.9. The van der Waals surface area contributed by atoms with Gasteiger partial charge in [0.2, 0.25) is 0 Å². The van der Waals surface area contributed by atoms with Gasteiger partial charge in [0, 0.05) is 25.6 Å². The molecular weight excluding hydrogens is 272 g/mol. The molecule has 112 valence electrons. The van der Waals surface area contributed by atoms with Crippen LogP contribution >= 0.6 is 0 Å². The van der Waals surface area contributed by atoms with E-state index in [1.165, 1.54) is 4.31 Å². The maximum atomic E-state index is 11.9. The van der Waals surface area contributed by atoms with Crippen LogP contribution < -0.4 is 4.72 Å². The third kappa shape index (κ3) is 4.63. The number of methoxy groups -OCH3 is 1. The van der Waals surface area contributed by atoms with Gasteiger partial charge < -0.3 is 9.47 Å². The molecule has 0 aliphatic carbocycles. The SMILES string of the molecule is COCC1(C)CN(S(=O)(=O)NC(=O)OC(C)(C)C)C1. The largest absolute Gasteiger partial charge is 0.443 e. The van der Waals surface area contributed by atoms with Crippen LogP contribution in [0.1, 0.15) is 27.7 Å². The highest BCUT2D eigenvalue weighted by Gasteiger charge is 2.45. The van der Waals surface area contributed by atoms with E-state index in [0.29, 0.717) is 19.7 Å². The molecule has 0 bridgehead atoms. The second-order valence-corrected chi connectivity index (χ2v) is 7.79. The molecular formula is C11H22N2O5S. The third-order valence-corrected chi connectivity index (χ3v) is 3.92. The first kappa shape index (κ1) is 16.2. The molecule has 0 aromatic rings. The molecule has 8 heteroatoms. The number of ether oxygens (including phenoxy) is 2. The molecule has 0 aromatic carbocycles. The Balaban J connectivity index is 2.53. The zero-order valence-electron chi connectivity index (χ0n) is 12.0. The van der Waals surface area contributed by atoms with Gasteiger partial charge in [0.05, 0.1) is 6.61 Å². The zero-order valence-corrected chi connectivity index (χ0v) is 12.8. The number of hydrogen-bond acceptors (Lipinski definition) is 5. The summed E-state index contributed by atoms with van der Waals surface area (Å²) in [5, 5.41) is 0. The monoisotopic (exact) mass is 294 g/mol. The lowest BCUT2D eigenvalue weighted by molar-refractivity contribution is 0.00266. The van der Waals surface area contributed by atoms with E-state index in [1.807, 2.05) is 11.6 Å². The summed E-state index contributed by atoms with van der Waals surface area (Å²) in [5.74, 6) is 0. The molecule has 1 rings (SSSR count). The van der Waals surface area contributed by atoms with Crippen molar-refractivity contribution in [1.82, 2.24) is 9.03 Å². The third-order valence-electron chi connectivity index (χ3n) is 2.56. The van der Waals surface area contributed by atoms with Crippen LogP contribution in [0.4, 0.5) is 4.79 Å². The Morgan fingerprint density at radius 1 is 1.37 bits per heavy atom. The predicted molar refractivity (Wildman–Crippen MR) is 69.8 cm³/mol. The van der Waals surface area contributed by atoms with Gasteiger partial charge in [-0.3, -0.25) is 0 Å². The van der Waals surface area contributed by atoms with Gasteiger partial charge in [-0.15, -0.1) is 0 Å². The number of amides is 1. The Bertz CT molecular complexity index is 434. The Hall–Kier alpha value is -0.860. The molecule has 0 saturated carbocycles. The first-order valence-corrected chi connectivity index (χ1v) is 7.41. The van der Waals surface area contributed by atoms with Gasteiger partial charge in [-0.25, -0.2) is 9.52 Å². The van der Waals surface area contributed by atoms with Gasteiger partial charge in [-0.05, 0) is 20.8 Å². The topological polar surface area (TPSA) is 84.9 Å². The predicted octanol–water partition coefficient (Wildman–Crippen LogP) is 0.724. The van der Waals surface area contributed by atoms with Gasteiger partial charge in [0.1, 0.15) is 5.60 Å². The number of nitrogens with one attached hydrogen (secondary N) is 1. The van der Waals surface area contributed by atoms with Gasteiger partial charge >= 0.3 is 16.3 Å². The summed E-state index contributed by atoms with van der Waals surface area (Å²) in [7, 11) is -2.26. The molecule has 1 N–H and O–H groups in total. The van der Waals surface area contributed by atoms with E-state index in [2.05, 4.69) is 0 Å².